The molecule has 0 aliphatic carbocycles. The van der Waals surface area contributed by atoms with Crippen molar-refractivity contribution in [3.63, 3.8) is 0 Å². The van der Waals surface area contributed by atoms with Crippen LogP contribution >= 0.6 is 0 Å². The zero-order valence-electron chi connectivity index (χ0n) is 8.88. The van der Waals surface area contributed by atoms with Crippen LogP contribution in [0.5, 0.6) is 0 Å². The van der Waals surface area contributed by atoms with Gasteiger partial charge in [0, 0.05) is 6.42 Å². The van der Waals surface area contributed by atoms with Crippen LogP contribution in [-0.2, 0) is 9.53 Å². The van der Waals surface area contributed by atoms with Gasteiger partial charge in [-0.15, -0.1) is 0 Å². The molecule has 0 aromatic heterocycles. The van der Waals surface area contributed by atoms with Gasteiger partial charge < -0.3 is 14.9 Å². The summed E-state index contributed by atoms with van der Waals surface area (Å²) in [6, 6.07) is -0.750. The van der Waals surface area contributed by atoms with E-state index in [0.717, 1.165) is 4.90 Å². The van der Waals surface area contributed by atoms with Gasteiger partial charge in [-0.2, -0.15) is 0 Å². The number of carbonyl (C=O) groups excluding carboxylic acids is 2. The monoisotopic (exact) mass is 248 g/mol. The lowest BCUT2D eigenvalue weighted by molar-refractivity contribution is -0.130. The Hall–Kier alpha value is -1.25. The molecule has 0 spiro atoms. The molecule has 96 valence electrons. The van der Waals surface area contributed by atoms with Gasteiger partial charge in [0.25, 0.3) is 5.91 Å². The zero-order valence-corrected chi connectivity index (χ0v) is 8.88. The van der Waals surface area contributed by atoms with Gasteiger partial charge in [0.2, 0.25) is 0 Å². The van der Waals surface area contributed by atoms with Crippen LogP contribution in [-0.4, -0.2) is 64.8 Å². The maximum atomic E-state index is 13.2. The average Bonchev–Trinajstić information content (AvgIpc) is 2.65. The number of hydrogen-bond acceptors (Lipinski definition) is 5. The maximum absolute atomic E-state index is 13.2. The van der Waals surface area contributed by atoms with Gasteiger partial charge in [0.15, 0.2) is 6.17 Å². The minimum Gasteiger partial charge on any atom is -0.394 e. The van der Waals surface area contributed by atoms with E-state index in [1.807, 2.05) is 5.32 Å². The number of amides is 3. The minimum absolute atomic E-state index is 0.0829. The van der Waals surface area contributed by atoms with E-state index < -0.39 is 43.1 Å². The van der Waals surface area contributed by atoms with Crippen molar-refractivity contribution in [3.8, 4) is 0 Å². The van der Waals surface area contributed by atoms with Crippen LogP contribution in [0.2, 0.25) is 0 Å². The summed E-state index contributed by atoms with van der Waals surface area (Å²) in [5.41, 5.74) is 0. The summed E-state index contributed by atoms with van der Waals surface area (Å²) in [5.74, 6) is -0.969. The first kappa shape index (κ1) is 12.2. The average molecular weight is 248 g/mol. The number of carbonyl (C=O) groups is 2. The van der Waals surface area contributed by atoms with Gasteiger partial charge in [-0.25, -0.2) is 9.18 Å². The van der Waals surface area contributed by atoms with Gasteiger partial charge in [-0.1, -0.05) is 0 Å². The summed E-state index contributed by atoms with van der Waals surface area (Å²) in [6.45, 7) is -0.786. The number of hydrogen-bond donors (Lipinski definition) is 3. The van der Waals surface area contributed by atoms with E-state index in [4.69, 9.17) is 9.84 Å². The number of alkyl halides is 1. The molecule has 3 amide bonds. The third kappa shape index (κ3) is 2.24. The van der Waals surface area contributed by atoms with Crippen molar-refractivity contribution < 1.29 is 28.9 Å². The van der Waals surface area contributed by atoms with E-state index >= 15 is 0 Å². The van der Waals surface area contributed by atoms with Crippen LogP contribution in [0.3, 0.4) is 0 Å². The molecular formula is C9H13FN2O5. The first-order chi connectivity index (χ1) is 8.02. The largest absolute Gasteiger partial charge is 0.394 e. The number of aliphatic hydroxyl groups excluding tert-OH is 2. The number of urea groups is 1. The first-order valence-electron chi connectivity index (χ1n) is 5.23. The molecule has 2 saturated heterocycles. The van der Waals surface area contributed by atoms with Gasteiger partial charge in [0.05, 0.1) is 19.3 Å². The predicted octanol–water partition coefficient (Wildman–Crippen LogP) is -1.66. The van der Waals surface area contributed by atoms with E-state index in [1.165, 1.54) is 0 Å². The van der Waals surface area contributed by atoms with E-state index in [1.54, 1.807) is 0 Å². The second-order valence-electron chi connectivity index (χ2n) is 4.03. The summed E-state index contributed by atoms with van der Waals surface area (Å²) in [7, 11) is 0. The highest BCUT2D eigenvalue weighted by atomic mass is 19.1. The lowest BCUT2D eigenvalue weighted by Gasteiger charge is -2.32. The van der Waals surface area contributed by atoms with Gasteiger partial charge in [-0.05, 0) is 0 Å². The van der Waals surface area contributed by atoms with Crippen molar-refractivity contribution >= 4 is 11.9 Å². The molecule has 1 unspecified atom stereocenters. The lowest BCUT2D eigenvalue weighted by atomic mass is 10.1. The molecule has 2 rings (SSSR count). The Labute approximate surface area is 96.1 Å². The molecule has 2 fully saturated rings. The van der Waals surface area contributed by atoms with Gasteiger partial charge >= 0.3 is 6.03 Å². The van der Waals surface area contributed by atoms with Crippen LogP contribution < -0.4 is 5.32 Å². The van der Waals surface area contributed by atoms with Gasteiger partial charge in [-0.3, -0.25) is 15.0 Å². The Morgan fingerprint density at radius 1 is 1.53 bits per heavy atom. The number of ether oxygens (including phenoxy) is 1. The highest BCUT2D eigenvalue weighted by Gasteiger charge is 2.42. The third-order valence-corrected chi connectivity index (χ3v) is 2.86. The fourth-order valence-corrected chi connectivity index (χ4v) is 1.91. The maximum Gasteiger partial charge on any atom is 0.326 e. The van der Waals surface area contributed by atoms with Crippen molar-refractivity contribution in [3.05, 3.63) is 0 Å². The summed E-state index contributed by atoms with van der Waals surface area (Å²) in [5, 5.41) is 20.2. The Morgan fingerprint density at radius 3 is 2.82 bits per heavy atom. The Morgan fingerprint density at radius 2 is 2.24 bits per heavy atom. The number of nitrogens with zero attached hydrogens (tertiary/aromatic N) is 1. The van der Waals surface area contributed by atoms with Crippen molar-refractivity contribution in [2.24, 2.45) is 0 Å². The molecule has 17 heavy (non-hydrogen) atoms. The molecule has 0 saturated carbocycles. The van der Waals surface area contributed by atoms with Crippen molar-refractivity contribution in [2.75, 3.05) is 13.2 Å². The second-order valence-corrected chi connectivity index (χ2v) is 4.03. The molecular weight excluding hydrogens is 235 g/mol. The molecule has 2 heterocycles. The van der Waals surface area contributed by atoms with Crippen molar-refractivity contribution in [1.29, 1.82) is 0 Å². The Kier molecular flexibility index (Phi) is 3.27. The molecule has 3 N–H and O–H groups in total. The normalized spacial score (nSPS) is 38.4. The lowest BCUT2D eigenvalue weighted by Crippen LogP contribution is -2.58. The number of imide groups is 1. The van der Waals surface area contributed by atoms with Crippen LogP contribution in [0.15, 0.2) is 0 Å². The fraction of sp³-hybridized carbons (Fsp3) is 0.778. The molecule has 2 aliphatic heterocycles. The van der Waals surface area contributed by atoms with Crippen LogP contribution in [0.25, 0.3) is 0 Å². The highest BCUT2D eigenvalue weighted by Crippen LogP contribution is 2.24. The minimum atomic E-state index is -1.80. The number of halogens is 1. The molecule has 0 bridgehead atoms. The van der Waals surface area contributed by atoms with Gasteiger partial charge in [0.1, 0.15) is 12.3 Å². The van der Waals surface area contributed by atoms with Crippen molar-refractivity contribution in [2.45, 2.75) is 31.0 Å². The smallest absolute Gasteiger partial charge is 0.326 e. The molecule has 4 atom stereocenters. The number of rotatable bonds is 2. The Bertz CT molecular complexity index is 339. The van der Waals surface area contributed by atoms with E-state index in [2.05, 4.69) is 0 Å². The van der Waals surface area contributed by atoms with E-state index in [-0.39, 0.29) is 13.0 Å². The van der Waals surface area contributed by atoms with Crippen LogP contribution in [0, 0.1) is 0 Å². The van der Waals surface area contributed by atoms with Crippen LogP contribution in [0.1, 0.15) is 6.42 Å². The molecule has 8 heteroatoms. The summed E-state index contributed by atoms with van der Waals surface area (Å²) >= 11 is 0. The first-order valence-corrected chi connectivity index (χ1v) is 5.23. The SMILES string of the molecule is O=C1NC(=O)N([C@H]2C[C@@H](O)[C@@H](CO)O2)CC1F. The fourth-order valence-electron chi connectivity index (χ4n) is 1.91. The third-order valence-electron chi connectivity index (χ3n) is 2.86. The number of nitrogens with one attached hydrogen (secondary N) is 1. The Balaban J connectivity index is 2.03. The summed E-state index contributed by atoms with van der Waals surface area (Å²) in [6.07, 6.45) is -4.24. The standard InChI is InChI=1S/C9H13FN2O5/c10-4-2-12(9(16)11-8(4)15)7-1-5(14)6(3-13)17-7/h4-7,13-14H,1-3H2,(H,11,15,16)/t4?,5-,6-,7-/m1/s1. The van der Waals surface area contributed by atoms with E-state index in [9.17, 15) is 19.1 Å². The van der Waals surface area contributed by atoms with Crippen LogP contribution in [0.4, 0.5) is 9.18 Å². The zero-order chi connectivity index (χ0) is 12.6. The summed E-state index contributed by atoms with van der Waals surface area (Å²) in [4.78, 5) is 23.3. The van der Waals surface area contributed by atoms with E-state index in [0.29, 0.717) is 0 Å². The van der Waals surface area contributed by atoms with Crippen molar-refractivity contribution in [1.82, 2.24) is 10.2 Å². The number of aliphatic hydroxyl groups is 2. The molecule has 2 aliphatic rings. The molecule has 0 aromatic rings. The quantitative estimate of drug-likeness (QED) is 0.543. The predicted molar refractivity (Wildman–Crippen MR) is 51.5 cm³/mol. The molecule has 7 nitrogen and oxygen atoms in total. The summed E-state index contributed by atoms with van der Waals surface area (Å²) < 4.78 is 18.4. The topological polar surface area (TPSA) is 99.1 Å². The molecule has 0 aromatic carbocycles. The molecule has 0 radical (unpaired) electrons. The second kappa shape index (κ2) is 4.55. The highest BCUT2D eigenvalue weighted by molar-refractivity contribution is 5.99.